The molecule has 10 nitrogen and oxygen atoms in total. The highest BCUT2D eigenvalue weighted by atomic mass is 16.5. The standard InChI is InChI=1S/C27H31N5O5/c28-21(26(34)30-23-3-1-2-22-20(23)15-24(29-22)27(35)36)14-17-4-6-19(7-5-17)32-11-10-31(16-25(32)33)18-8-12-37-13-9-18/h1-7,15,18,21,29H,8-14,16,28H2,(H,30,34)(H,35,36). The van der Waals surface area contributed by atoms with Gasteiger partial charge in [0.1, 0.15) is 5.69 Å². The topological polar surface area (TPSA) is 141 Å². The predicted octanol–water partition coefficient (Wildman–Crippen LogP) is 2.20. The van der Waals surface area contributed by atoms with E-state index in [0.29, 0.717) is 42.1 Å². The van der Waals surface area contributed by atoms with Crippen LogP contribution in [-0.2, 0) is 20.7 Å². The van der Waals surface area contributed by atoms with Gasteiger partial charge in [-0.05, 0) is 55.2 Å². The van der Waals surface area contributed by atoms with E-state index < -0.39 is 12.0 Å². The molecule has 0 aliphatic carbocycles. The average molecular weight is 506 g/mol. The summed E-state index contributed by atoms with van der Waals surface area (Å²) < 4.78 is 5.44. The highest BCUT2D eigenvalue weighted by molar-refractivity contribution is 6.05. The van der Waals surface area contributed by atoms with Crippen molar-refractivity contribution in [1.82, 2.24) is 9.88 Å². The Hall–Kier alpha value is -3.73. The fourth-order valence-corrected chi connectivity index (χ4v) is 5.09. The fourth-order valence-electron chi connectivity index (χ4n) is 5.09. The summed E-state index contributed by atoms with van der Waals surface area (Å²) in [6.45, 7) is 3.42. The van der Waals surface area contributed by atoms with Crippen molar-refractivity contribution in [2.24, 2.45) is 5.73 Å². The van der Waals surface area contributed by atoms with Crippen LogP contribution < -0.4 is 16.0 Å². The Bertz CT molecular complexity index is 1300. The van der Waals surface area contributed by atoms with Gasteiger partial charge in [0.15, 0.2) is 0 Å². The number of nitrogens with zero attached hydrogens (tertiary/aromatic N) is 2. The average Bonchev–Trinajstić information content (AvgIpc) is 3.36. The lowest BCUT2D eigenvalue weighted by Gasteiger charge is -2.40. The van der Waals surface area contributed by atoms with Gasteiger partial charge in [-0.1, -0.05) is 18.2 Å². The van der Waals surface area contributed by atoms with Gasteiger partial charge in [0.05, 0.1) is 18.3 Å². The van der Waals surface area contributed by atoms with Gasteiger partial charge >= 0.3 is 5.97 Å². The molecule has 5 N–H and O–H groups in total. The zero-order valence-electron chi connectivity index (χ0n) is 20.5. The first-order chi connectivity index (χ1) is 17.9. The van der Waals surface area contributed by atoms with Crippen molar-refractivity contribution >= 4 is 40.1 Å². The van der Waals surface area contributed by atoms with Crippen LogP contribution in [-0.4, -0.2) is 77.7 Å². The number of fused-ring (bicyclic) bond motifs is 1. The van der Waals surface area contributed by atoms with E-state index in [0.717, 1.165) is 43.9 Å². The first-order valence-electron chi connectivity index (χ1n) is 12.5. The van der Waals surface area contributed by atoms with Crippen molar-refractivity contribution in [2.45, 2.75) is 31.3 Å². The molecule has 3 heterocycles. The predicted molar refractivity (Wildman–Crippen MR) is 140 cm³/mol. The third-order valence-electron chi connectivity index (χ3n) is 7.15. The summed E-state index contributed by atoms with van der Waals surface area (Å²) in [5, 5.41) is 12.6. The molecule has 10 heteroatoms. The minimum atomic E-state index is -1.07. The van der Waals surface area contributed by atoms with E-state index in [9.17, 15) is 19.5 Å². The summed E-state index contributed by atoms with van der Waals surface area (Å²) in [4.78, 5) is 43.8. The van der Waals surface area contributed by atoms with Crippen molar-refractivity contribution in [1.29, 1.82) is 0 Å². The van der Waals surface area contributed by atoms with E-state index in [1.165, 1.54) is 6.07 Å². The molecule has 3 aromatic rings. The third-order valence-corrected chi connectivity index (χ3v) is 7.15. The largest absolute Gasteiger partial charge is 0.477 e. The van der Waals surface area contributed by atoms with Gasteiger partial charge in [0.25, 0.3) is 0 Å². The molecule has 1 atom stereocenters. The molecule has 1 aromatic heterocycles. The van der Waals surface area contributed by atoms with Crippen LogP contribution in [0.15, 0.2) is 48.5 Å². The molecule has 2 saturated heterocycles. The Morgan fingerprint density at radius 1 is 1.14 bits per heavy atom. The minimum absolute atomic E-state index is 0.0459. The Kier molecular flexibility index (Phi) is 7.22. The van der Waals surface area contributed by atoms with Crippen LogP contribution in [0.2, 0.25) is 0 Å². The van der Waals surface area contributed by atoms with Crippen molar-refractivity contribution in [3.63, 3.8) is 0 Å². The number of aromatic carboxylic acids is 1. The summed E-state index contributed by atoms with van der Waals surface area (Å²) >= 11 is 0. The molecule has 2 aliphatic rings. The lowest BCUT2D eigenvalue weighted by molar-refractivity contribution is -0.122. The van der Waals surface area contributed by atoms with Gasteiger partial charge in [-0.2, -0.15) is 0 Å². The molecule has 0 bridgehead atoms. The van der Waals surface area contributed by atoms with E-state index >= 15 is 0 Å². The lowest BCUT2D eigenvalue weighted by atomic mass is 10.0. The van der Waals surface area contributed by atoms with Crippen molar-refractivity contribution in [2.75, 3.05) is 43.1 Å². The number of carboxylic acids is 1. The molecule has 2 aromatic carbocycles. The highest BCUT2D eigenvalue weighted by Crippen LogP contribution is 2.25. The van der Waals surface area contributed by atoms with Crippen LogP contribution in [0.3, 0.4) is 0 Å². The Balaban J connectivity index is 1.18. The normalized spacial score (nSPS) is 18.2. The molecule has 2 fully saturated rings. The quantitative estimate of drug-likeness (QED) is 0.386. The lowest BCUT2D eigenvalue weighted by Crippen LogP contribution is -2.54. The van der Waals surface area contributed by atoms with Crippen LogP contribution >= 0.6 is 0 Å². The number of hydrogen-bond donors (Lipinski definition) is 4. The molecule has 37 heavy (non-hydrogen) atoms. The molecule has 0 spiro atoms. The number of ether oxygens (including phenoxy) is 1. The van der Waals surface area contributed by atoms with Gasteiger partial charge < -0.3 is 30.8 Å². The maximum Gasteiger partial charge on any atom is 0.352 e. The molecule has 194 valence electrons. The number of amides is 2. The number of carbonyl (C=O) groups excluding carboxylic acids is 2. The van der Waals surface area contributed by atoms with E-state index in [4.69, 9.17) is 10.5 Å². The number of nitrogens with two attached hydrogens (primary N) is 1. The Morgan fingerprint density at radius 2 is 1.89 bits per heavy atom. The first-order valence-corrected chi connectivity index (χ1v) is 12.5. The smallest absolute Gasteiger partial charge is 0.352 e. The monoisotopic (exact) mass is 505 g/mol. The van der Waals surface area contributed by atoms with Crippen LogP contribution in [0.5, 0.6) is 0 Å². The number of hydrogen-bond acceptors (Lipinski definition) is 6. The molecule has 2 amide bonds. The maximum absolute atomic E-state index is 12.9. The van der Waals surface area contributed by atoms with Crippen LogP contribution in [0, 0.1) is 0 Å². The van der Waals surface area contributed by atoms with E-state index in [1.54, 1.807) is 18.2 Å². The van der Waals surface area contributed by atoms with Crippen LogP contribution in [0.25, 0.3) is 10.9 Å². The molecule has 1 unspecified atom stereocenters. The summed E-state index contributed by atoms with van der Waals surface area (Å²) in [5.74, 6) is -1.35. The van der Waals surface area contributed by atoms with Crippen molar-refractivity contribution in [3.05, 3.63) is 59.8 Å². The number of aromatic amines is 1. The van der Waals surface area contributed by atoms with Gasteiger partial charge in [0, 0.05) is 48.9 Å². The minimum Gasteiger partial charge on any atom is -0.477 e. The second-order valence-electron chi connectivity index (χ2n) is 9.58. The number of benzene rings is 2. The SMILES string of the molecule is NC(Cc1ccc(N2CCN(C3CCOCC3)CC2=O)cc1)C(=O)Nc1cccc2[nH]c(C(=O)O)cc12. The summed E-state index contributed by atoms with van der Waals surface area (Å²) in [6.07, 6.45) is 2.26. The molecule has 0 radical (unpaired) electrons. The number of anilines is 2. The number of piperazine rings is 1. The first kappa shape index (κ1) is 24.9. The number of nitrogens with one attached hydrogen (secondary N) is 2. The fraction of sp³-hybridized carbons (Fsp3) is 0.370. The second kappa shape index (κ2) is 10.7. The van der Waals surface area contributed by atoms with E-state index in [2.05, 4.69) is 15.2 Å². The number of aromatic nitrogens is 1. The summed E-state index contributed by atoms with van der Waals surface area (Å²) in [5.41, 5.74) is 9.07. The molecule has 2 aliphatic heterocycles. The number of carboxylic acid groups (broad SMARTS) is 1. The van der Waals surface area contributed by atoms with Crippen molar-refractivity contribution < 1.29 is 24.2 Å². The van der Waals surface area contributed by atoms with Gasteiger partial charge in [0.2, 0.25) is 11.8 Å². The van der Waals surface area contributed by atoms with Gasteiger partial charge in [-0.3, -0.25) is 14.5 Å². The number of carbonyl (C=O) groups is 3. The molecular formula is C27H31N5O5. The van der Waals surface area contributed by atoms with E-state index in [-0.39, 0.29) is 17.5 Å². The number of H-pyrrole nitrogens is 1. The Labute approximate surface area is 214 Å². The summed E-state index contributed by atoms with van der Waals surface area (Å²) in [7, 11) is 0. The maximum atomic E-state index is 12.9. The van der Waals surface area contributed by atoms with Crippen molar-refractivity contribution in [3.8, 4) is 0 Å². The van der Waals surface area contributed by atoms with Crippen LogP contribution in [0.4, 0.5) is 11.4 Å². The van der Waals surface area contributed by atoms with Gasteiger partial charge in [-0.15, -0.1) is 0 Å². The van der Waals surface area contributed by atoms with Crippen LogP contribution in [0.1, 0.15) is 28.9 Å². The Morgan fingerprint density at radius 3 is 2.59 bits per heavy atom. The third kappa shape index (κ3) is 5.51. The number of rotatable bonds is 7. The zero-order chi connectivity index (χ0) is 25.9. The van der Waals surface area contributed by atoms with E-state index in [1.807, 2.05) is 29.2 Å². The molecule has 5 rings (SSSR count). The second-order valence-corrected chi connectivity index (χ2v) is 9.58. The summed E-state index contributed by atoms with van der Waals surface area (Å²) in [6, 6.07) is 13.9. The highest BCUT2D eigenvalue weighted by Gasteiger charge is 2.30. The zero-order valence-corrected chi connectivity index (χ0v) is 20.5. The van der Waals surface area contributed by atoms with Gasteiger partial charge in [-0.25, -0.2) is 4.79 Å². The molecule has 0 saturated carbocycles. The molecular weight excluding hydrogens is 474 g/mol.